The van der Waals surface area contributed by atoms with Gasteiger partial charge in [0.25, 0.3) is 11.7 Å². The van der Waals surface area contributed by atoms with Crippen molar-refractivity contribution in [2.75, 3.05) is 18.0 Å². The average molecular weight is 527 g/mol. The number of hydrogen-bond acceptors (Lipinski definition) is 5. The Morgan fingerprint density at radius 2 is 1.59 bits per heavy atom. The Balaban J connectivity index is 1.82. The number of amides is 1. The largest absolute Gasteiger partial charge is 0.507 e. The van der Waals surface area contributed by atoms with Gasteiger partial charge in [-0.05, 0) is 94.6 Å². The van der Waals surface area contributed by atoms with E-state index in [9.17, 15) is 14.7 Å². The molecule has 0 radical (unpaired) electrons. The molecule has 1 atom stereocenters. The van der Waals surface area contributed by atoms with Gasteiger partial charge in [0.05, 0.1) is 17.7 Å². The van der Waals surface area contributed by atoms with Gasteiger partial charge in [0.15, 0.2) is 0 Å². The maximum atomic E-state index is 13.5. The number of nitrogens with zero attached hydrogens (tertiary/aromatic N) is 2. The second kappa shape index (κ2) is 11.8. The number of carbonyl (C=O) groups is 2. The van der Waals surface area contributed by atoms with Crippen molar-refractivity contribution < 1.29 is 19.4 Å². The van der Waals surface area contributed by atoms with Crippen LogP contribution in [0.2, 0.25) is 0 Å². The van der Waals surface area contributed by atoms with Crippen LogP contribution in [0.5, 0.6) is 5.75 Å². The Morgan fingerprint density at radius 1 is 0.949 bits per heavy atom. The predicted molar refractivity (Wildman–Crippen MR) is 156 cm³/mol. The molecule has 1 fully saturated rings. The molecule has 1 unspecified atom stereocenters. The number of aliphatic hydroxyl groups excluding tert-OH is 1. The second-order valence-electron chi connectivity index (χ2n) is 10.3. The number of aryl methyl sites for hydroxylation is 2. The number of hydrogen-bond donors (Lipinski definition) is 1. The van der Waals surface area contributed by atoms with E-state index in [1.165, 1.54) is 0 Å². The minimum atomic E-state index is -0.720. The van der Waals surface area contributed by atoms with Crippen molar-refractivity contribution in [1.29, 1.82) is 0 Å². The third kappa shape index (κ3) is 5.85. The van der Waals surface area contributed by atoms with Crippen LogP contribution in [-0.4, -0.2) is 40.9 Å². The van der Waals surface area contributed by atoms with Crippen LogP contribution in [0.25, 0.3) is 5.76 Å². The van der Waals surface area contributed by atoms with Crippen molar-refractivity contribution in [3.8, 4) is 5.75 Å². The molecular weight excluding hydrogens is 488 g/mol. The first-order valence-electron chi connectivity index (χ1n) is 13.6. The van der Waals surface area contributed by atoms with E-state index >= 15 is 0 Å². The number of anilines is 1. The molecule has 6 heteroatoms. The van der Waals surface area contributed by atoms with Crippen LogP contribution in [0.3, 0.4) is 0 Å². The Labute approximate surface area is 231 Å². The second-order valence-corrected chi connectivity index (χ2v) is 10.3. The van der Waals surface area contributed by atoms with Gasteiger partial charge in [-0.15, -0.1) is 0 Å². The van der Waals surface area contributed by atoms with E-state index in [1.54, 1.807) is 29.2 Å². The zero-order chi connectivity index (χ0) is 28.3. The number of ketones is 1. The summed E-state index contributed by atoms with van der Waals surface area (Å²) in [5.41, 5.74) is 5.48. The number of Topliss-reactive ketones (excluding diaryl/α,β-unsaturated/α-hetero) is 1. The zero-order valence-electron chi connectivity index (χ0n) is 23.7. The molecule has 1 amide bonds. The fraction of sp³-hybridized carbons (Fsp3) is 0.333. The maximum Gasteiger partial charge on any atom is 0.295 e. The predicted octanol–water partition coefficient (Wildman–Crippen LogP) is 6.56. The van der Waals surface area contributed by atoms with E-state index in [0.717, 1.165) is 41.0 Å². The van der Waals surface area contributed by atoms with Gasteiger partial charge in [-0.2, -0.15) is 0 Å². The molecule has 1 N–H and O–H groups in total. The monoisotopic (exact) mass is 526 g/mol. The normalized spacial score (nSPS) is 16.7. The van der Waals surface area contributed by atoms with Crippen LogP contribution in [0.4, 0.5) is 5.69 Å². The first-order valence-corrected chi connectivity index (χ1v) is 13.6. The summed E-state index contributed by atoms with van der Waals surface area (Å²) in [6.45, 7) is 14.1. The fourth-order valence-corrected chi connectivity index (χ4v) is 5.12. The van der Waals surface area contributed by atoms with Crippen LogP contribution in [-0.2, 0) is 16.1 Å². The van der Waals surface area contributed by atoms with E-state index in [4.69, 9.17) is 4.74 Å². The molecule has 1 saturated heterocycles. The zero-order valence-corrected chi connectivity index (χ0v) is 23.7. The van der Waals surface area contributed by atoms with Crippen LogP contribution >= 0.6 is 0 Å². The molecule has 1 aliphatic rings. The highest BCUT2D eigenvalue weighted by molar-refractivity contribution is 6.46. The quantitative estimate of drug-likeness (QED) is 0.194. The summed E-state index contributed by atoms with van der Waals surface area (Å²) in [6, 6.07) is 20.3. The molecule has 0 bridgehead atoms. The van der Waals surface area contributed by atoms with Crippen molar-refractivity contribution >= 4 is 23.1 Å². The number of benzene rings is 3. The Morgan fingerprint density at radius 3 is 2.18 bits per heavy atom. The molecule has 3 aromatic carbocycles. The van der Waals surface area contributed by atoms with Crippen LogP contribution in [0.1, 0.15) is 61.6 Å². The minimum absolute atomic E-state index is 0.0131. The Bertz CT molecular complexity index is 1370. The Hall–Kier alpha value is -4.06. The molecule has 3 aromatic rings. The van der Waals surface area contributed by atoms with Crippen molar-refractivity contribution in [3.63, 3.8) is 0 Å². The molecule has 0 saturated carbocycles. The number of likely N-dealkylation sites (tertiary alicyclic amines) is 1. The van der Waals surface area contributed by atoms with Crippen molar-refractivity contribution in [1.82, 2.24) is 4.90 Å². The lowest BCUT2D eigenvalue weighted by Crippen LogP contribution is -2.29. The molecule has 204 valence electrons. The molecule has 4 rings (SSSR count). The van der Waals surface area contributed by atoms with Gasteiger partial charge in [0.2, 0.25) is 0 Å². The summed E-state index contributed by atoms with van der Waals surface area (Å²) in [6.07, 6.45) is 0.0131. The number of carbonyl (C=O) groups excluding carboxylic acids is 2. The van der Waals surface area contributed by atoms with E-state index in [1.807, 2.05) is 70.2 Å². The number of aliphatic hydroxyl groups is 1. The SMILES string of the molecule is CCN(CC)c1ccc(C2/C(=C(/O)c3ccc(OC(C)C)cc3)C(=O)C(=O)N2Cc2cc(C)ccc2C)cc1. The van der Waals surface area contributed by atoms with Crippen molar-refractivity contribution in [3.05, 3.63) is 100 Å². The highest BCUT2D eigenvalue weighted by atomic mass is 16.5. The average Bonchev–Trinajstić information content (AvgIpc) is 3.16. The van der Waals surface area contributed by atoms with Gasteiger partial charge in [0.1, 0.15) is 11.5 Å². The maximum absolute atomic E-state index is 13.5. The van der Waals surface area contributed by atoms with Gasteiger partial charge in [0, 0.05) is 30.9 Å². The van der Waals surface area contributed by atoms with Crippen LogP contribution in [0, 0.1) is 13.8 Å². The van der Waals surface area contributed by atoms with Crippen LogP contribution < -0.4 is 9.64 Å². The van der Waals surface area contributed by atoms with Crippen molar-refractivity contribution in [2.24, 2.45) is 0 Å². The fourth-order valence-electron chi connectivity index (χ4n) is 5.12. The number of ether oxygens (including phenoxy) is 1. The molecule has 6 nitrogen and oxygen atoms in total. The first kappa shape index (κ1) is 28.0. The molecule has 39 heavy (non-hydrogen) atoms. The molecule has 1 aliphatic heterocycles. The summed E-state index contributed by atoms with van der Waals surface area (Å²) in [5, 5.41) is 11.4. The summed E-state index contributed by atoms with van der Waals surface area (Å²) < 4.78 is 5.73. The summed E-state index contributed by atoms with van der Waals surface area (Å²) in [4.78, 5) is 30.8. The summed E-state index contributed by atoms with van der Waals surface area (Å²) in [5.74, 6) is -0.820. The molecule has 0 aliphatic carbocycles. The summed E-state index contributed by atoms with van der Waals surface area (Å²) >= 11 is 0. The van der Waals surface area contributed by atoms with Gasteiger partial charge < -0.3 is 19.6 Å². The highest BCUT2D eigenvalue weighted by Crippen LogP contribution is 2.41. The highest BCUT2D eigenvalue weighted by Gasteiger charge is 2.46. The van der Waals surface area contributed by atoms with Gasteiger partial charge in [-0.1, -0.05) is 35.9 Å². The lowest BCUT2D eigenvalue weighted by atomic mass is 9.94. The van der Waals surface area contributed by atoms with E-state index in [0.29, 0.717) is 11.3 Å². The molecule has 0 spiro atoms. The standard InChI is InChI=1S/C33H38N2O4/c1-7-34(8-2)27-15-11-24(12-16-27)30-29(31(36)25-13-17-28(18-14-25)39-21(3)4)32(37)33(38)35(30)20-26-19-22(5)9-10-23(26)6/h9-19,21,30,36H,7-8,20H2,1-6H3/b31-29-. The smallest absolute Gasteiger partial charge is 0.295 e. The van der Waals surface area contributed by atoms with Crippen LogP contribution in [0.15, 0.2) is 72.3 Å². The summed E-state index contributed by atoms with van der Waals surface area (Å²) in [7, 11) is 0. The van der Waals surface area contributed by atoms with Gasteiger partial charge in [-0.25, -0.2) is 0 Å². The molecule has 1 heterocycles. The lowest BCUT2D eigenvalue weighted by molar-refractivity contribution is -0.140. The number of rotatable bonds is 9. The third-order valence-corrected chi connectivity index (χ3v) is 7.22. The van der Waals surface area contributed by atoms with E-state index < -0.39 is 17.7 Å². The molecular formula is C33H38N2O4. The minimum Gasteiger partial charge on any atom is -0.507 e. The Kier molecular flexibility index (Phi) is 8.44. The van der Waals surface area contributed by atoms with Gasteiger partial charge >= 0.3 is 0 Å². The first-order chi connectivity index (χ1) is 18.6. The van der Waals surface area contributed by atoms with Crippen molar-refractivity contribution in [2.45, 2.75) is 60.2 Å². The van der Waals surface area contributed by atoms with E-state index in [2.05, 4.69) is 18.7 Å². The third-order valence-electron chi connectivity index (χ3n) is 7.22. The van der Waals surface area contributed by atoms with E-state index in [-0.39, 0.29) is 24.0 Å². The topological polar surface area (TPSA) is 70.1 Å². The van der Waals surface area contributed by atoms with Gasteiger partial charge in [-0.3, -0.25) is 9.59 Å². The molecule has 0 aromatic heterocycles. The lowest BCUT2D eigenvalue weighted by Gasteiger charge is -2.27.